The fraction of sp³-hybridized carbons (Fsp3) is 1.00. The molecular formula is C16H32. The largest absolute Gasteiger partial charge is 0.0654 e. The molecule has 0 aromatic carbocycles. The Morgan fingerprint density at radius 1 is 0.562 bits per heavy atom. The van der Waals surface area contributed by atoms with Crippen molar-refractivity contribution in [2.24, 2.45) is 11.8 Å². The van der Waals surface area contributed by atoms with Gasteiger partial charge in [-0.3, -0.25) is 0 Å². The van der Waals surface area contributed by atoms with Gasteiger partial charge in [0.25, 0.3) is 0 Å². The summed E-state index contributed by atoms with van der Waals surface area (Å²) in [6, 6.07) is 0. The maximum atomic E-state index is 2.26. The SMILES string of the molecule is C1CC2CCC1CC2.CCCCCCCC. The van der Waals surface area contributed by atoms with Gasteiger partial charge in [0.1, 0.15) is 0 Å². The third kappa shape index (κ3) is 5.92. The smallest absolute Gasteiger partial charge is 0.0414 e. The van der Waals surface area contributed by atoms with Gasteiger partial charge >= 0.3 is 0 Å². The molecule has 96 valence electrons. The Bertz CT molecular complexity index is 113. The highest BCUT2D eigenvalue weighted by atomic mass is 14.3. The van der Waals surface area contributed by atoms with E-state index >= 15 is 0 Å². The van der Waals surface area contributed by atoms with Crippen molar-refractivity contribution in [3.8, 4) is 0 Å². The van der Waals surface area contributed by atoms with Crippen molar-refractivity contribution >= 4 is 0 Å². The van der Waals surface area contributed by atoms with Crippen LogP contribution in [0.5, 0.6) is 0 Å². The van der Waals surface area contributed by atoms with Crippen LogP contribution in [0.2, 0.25) is 0 Å². The second kappa shape index (κ2) is 9.07. The fourth-order valence-corrected chi connectivity index (χ4v) is 3.13. The number of unbranched alkanes of at least 4 members (excludes halogenated alkanes) is 5. The molecule has 0 amide bonds. The van der Waals surface area contributed by atoms with Gasteiger partial charge in [0.05, 0.1) is 0 Å². The molecular weight excluding hydrogens is 192 g/mol. The van der Waals surface area contributed by atoms with Crippen LogP contribution in [0.4, 0.5) is 0 Å². The highest BCUT2D eigenvalue weighted by molar-refractivity contribution is 4.79. The minimum atomic E-state index is 1.15. The van der Waals surface area contributed by atoms with Crippen molar-refractivity contribution in [2.45, 2.75) is 90.9 Å². The molecule has 3 rings (SSSR count). The molecule has 3 aliphatic carbocycles. The Labute approximate surface area is 103 Å². The highest BCUT2D eigenvalue weighted by Crippen LogP contribution is 2.40. The van der Waals surface area contributed by atoms with Gasteiger partial charge in [-0.2, -0.15) is 0 Å². The quantitative estimate of drug-likeness (QED) is 0.506. The average Bonchev–Trinajstić information content (AvgIpc) is 2.38. The number of rotatable bonds is 5. The lowest BCUT2D eigenvalue weighted by atomic mass is 9.71. The van der Waals surface area contributed by atoms with E-state index in [0.29, 0.717) is 0 Å². The molecule has 0 heteroatoms. The first-order valence-corrected chi connectivity index (χ1v) is 7.86. The van der Waals surface area contributed by atoms with Gasteiger partial charge in [0.15, 0.2) is 0 Å². The van der Waals surface area contributed by atoms with Crippen LogP contribution in [0.15, 0.2) is 0 Å². The fourth-order valence-electron chi connectivity index (χ4n) is 3.13. The predicted octanol–water partition coefficient (Wildman–Crippen LogP) is 5.95. The van der Waals surface area contributed by atoms with E-state index in [0.717, 1.165) is 11.8 Å². The number of hydrogen-bond acceptors (Lipinski definition) is 0. The molecule has 0 nitrogen and oxygen atoms in total. The van der Waals surface area contributed by atoms with Crippen LogP contribution in [-0.4, -0.2) is 0 Å². The normalized spacial score (nSPS) is 27.4. The van der Waals surface area contributed by atoms with Crippen molar-refractivity contribution in [1.82, 2.24) is 0 Å². The molecule has 3 saturated carbocycles. The Morgan fingerprint density at radius 3 is 1.06 bits per heavy atom. The molecule has 3 fully saturated rings. The Balaban J connectivity index is 0.000000160. The molecule has 0 radical (unpaired) electrons. The molecule has 2 bridgehead atoms. The van der Waals surface area contributed by atoms with Crippen LogP contribution in [0.3, 0.4) is 0 Å². The topological polar surface area (TPSA) is 0 Å². The lowest BCUT2D eigenvalue weighted by molar-refractivity contribution is 0.176. The summed E-state index contributed by atoms with van der Waals surface area (Å²) in [5.74, 6) is 2.31. The third-order valence-electron chi connectivity index (χ3n) is 4.41. The summed E-state index contributed by atoms with van der Waals surface area (Å²) in [6.07, 6.45) is 17.8. The number of hydrogen-bond donors (Lipinski definition) is 0. The van der Waals surface area contributed by atoms with Crippen molar-refractivity contribution in [3.63, 3.8) is 0 Å². The second-order valence-corrected chi connectivity index (χ2v) is 5.88. The van der Waals surface area contributed by atoms with Crippen LogP contribution >= 0.6 is 0 Å². The molecule has 0 saturated heterocycles. The van der Waals surface area contributed by atoms with Crippen LogP contribution in [0.25, 0.3) is 0 Å². The van der Waals surface area contributed by atoms with E-state index in [2.05, 4.69) is 13.8 Å². The maximum absolute atomic E-state index is 2.26. The second-order valence-electron chi connectivity index (χ2n) is 5.88. The minimum absolute atomic E-state index is 1.15. The molecule has 0 heterocycles. The average molecular weight is 224 g/mol. The Morgan fingerprint density at radius 2 is 0.875 bits per heavy atom. The van der Waals surface area contributed by atoms with E-state index in [-0.39, 0.29) is 0 Å². The first-order chi connectivity index (χ1) is 7.86. The maximum Gasteiger partial charge on any atom is -0.0414 e. The Kier molecular flexibility index (Phi) is 7.98. The molecule has 3 aliphatic rings. The van der Waals surface area contributed by atoms with Crippen molar-refractivity contribution in [1.29, 1.82) is 0 Å². The van der Waals surface area contributed by atoms with E-state index in [9.17, 15) is 0 Å². The summed E-state index contributed by atoms with van der Waals surface area (Å²) >= 11 is 0. The van der Waals surface area contributed by atoms with Gasteiger partial charge in [-0.05, 0) is 11.8 Å². The van der Waals surface area contributed by atoms with Crippen LogP contribution in [0, 0.1) is 11.8 Å². The zero-order valence-electron chi connectivity index (χ0n) is 11.6. The van der Waals surface area contributed by atoms with Gasteiger partial charge in [-0.25, -0.2) is 0 Å². The van der Waals surface area contributed by atoms with Gasteiger partial charge in [0.2, 0.25) is 0 Å². The molecule has 0 spiro atoms. The monoisotopic (exact) mass is 224 g/mol. The molecule has 0 atom stereocenters. The summed E-state index contributed by atoms with van der Waals surface area (Å²) in [6.45, 7) is 4.51. The minimum Gasteiger partial charge on any atom is -0.0654 e. The molecule has 0 unspecified atom stereocenters. The first-order valence-electron chi connectivity index (χ1n) is 7.86. The molecule has 0 aromatic heterocycles. The van der Waals surface area contributed by atoms with E-state index in [4.69, 9.17) is 0 Å². The highest BCUT2D eigenvalue weighted by Gasteiger charge is 2.26. The third-order valence-corrected chi connectivity index (χ3v) is 4.41. The summed E-state index contributed by atoms with van der Waals surface area (Å²) < 4.78 is 0. The lowest BCUT2D eigenvalue weighted by Crippen LogP contribution is -2.21. The summed E-state index contributed by atoms with van der Waals surface area (Å²) in [4.78, 5) is 0. The standard InChI is InChI=1S/C8H14.C8H18/c1-2-8-5-3-7(1)4-6-8;1-3-5-7-8-6-4-2/h7-8H,1-6H2;3-8H2,1-2H3. The predicted molar refractivity (Wildman–Crippen MR) is 73.7 cm³/mol. The van der Waals surface area contributed by atoms with Crippen molar-refractivity contribution in [3.05, 3.63) is 0 Å². The molecule has 0 aromatic rings. The molecule has 0 N–H and O–H groups in total. The Hall–Kier alpha value is 0. The van der Waals surface area contributed by atoms with E-state index in [1.165, 1.54) is 38.5 Å². The van der Waals surface area contributed by atoms with E-state index < -0.39 is 0 Å². The zero-order valence-corrected chi connectivity index (χ0v) is 11.6. The van der Waals surface area contributed by atoms with Crippen LogP contribution in [-0.2, 0) is 0 Å². The van der Waals surface area contributed by atoms with Crippen LogP contribution in [0.1, 0.15) is 90.9 Å². The molecule has 0 aliphatic heterocycles. The van der Waals surface area contributed by atoms with Crippen molar-refractivity contribution in [2.75, 3.05) is 0 Å². The van der Waals surface area contributed by atoms with Crippen molar-refractivity contribution < 1.29 is 0 Å². The lowest BCUT2D eigenvalue weighted by Gasteiger charge is -2.35. The first kappa shape index (κ1) is 14.1. The number of fused-ring (bicyclic) bond motifs is 3. The molecule has 16 heavy (non-hydrogen) atoms. The van der Waals surface area contributed by atoms with Gasteiger partial charge in [0, 0.05) is 0 Å². The summed E-state index contributed by atoms with van der Waals surface area (Å²) in [5, 5.41) is 0. The van der Waals surface area contributed by atoms with E-state index in [1.807, 2.05) is 0 Å². The van der Waals surface area contributed by atoms with Gasteiger partial charge < -0.3 is 0 Å². The van der Waals surface area contributed by atoms with Crippen LogP contribution < -0.4 is 0 Å². The summed E-state index contributed by atoms with van der Waals surface area (Å²) in [5.41, 5.74) is 0. The van der Waals surface area contributed by atoms with E-state index in [1.54, 1.807) is 38.5 Å². The zero-order chi connectivity index (χ0) is 11.6. The van der Waals surface area contributed by atoms with Gasteiger partial charge in [-0.1, -0.05) is 90.9 Å². The summed E-state index contributed by atoms with van der Waals surface area (Å²) in [7, 11) is 0. The van der Waals surface area contributed by atoms with Gasteiger partial charge in [-0.15, -0.1) is 0 Å².